The monoisotopic (exact) mass is 587 g/mol. The number of phenols is 1. The first-order chi connectivity index (χ1) is 20.0. The smallest absolute Gasteiger partial charge is 0.419 e. The van der Waals surface area contributed by atoms with Gasteiger partial charge in [-0.15, -0.1) is 0 Å². The first kappa shape index (κ1) is 27.7. The van der Waals surface area contributed by atoms with Gasteiger partial charge >= 0.3 is 12.2 Å². The molecule has 2 fully saturated rings. The molecule has 0 radical (unpaired) electrons. The van der Waals surface area contributed by atoms with Crippen LogP contribution in [-0.2, 0) is 19.6 Å². The highest BCUT2D eigenvalue weighted by atomic mass is 19.4. The van der Waals surface area contributed by atoms with Crippen LogP contribution in [0.2, 0.25) is 0 Å². The lowest BCUT2D eigenvalue weighted by atomic mass is 10.0. The Balaban J connectivity index is 1.33. The third-order valence-electron chi connectivity index (χ3n) is 7.76. The number of alkyl halides is 3. The van der Waals surface area contributed by atoms with Crippen LogP contribution < -0.4 is 4.90 Å². The van der Waals surface area contributed by atoms with E-state index in [-0.39, 0.29) is 34.9 Å². The summed E-state index contributed by atoms with van der Waals surface area (Å²) in [4.78, 5) is 27.8. The highest BCUT2D eigenvalue weighted by Crippen LogP contribution is 2.41. The van der Waals surface area contributed by atoms with Crippen molar-refractivity contribution in [1.82, 2.24) is 29.5 Å². The summed E-state index contributed by atoms with van der Waals surface area (Å²) in [5.74, 6) is -5.11. The Labute approximate surface area is 236 Å². The molecule has 2 saturated heterocycles. The van der Waals surface area contributed by atoms with Crippen molar-refractivity contribution in [3.05, 3.63) is 65.4 Å². The standard InChI is InChI=1S/C28H26F5N7O2/c1-37-25-19(23(36-37)18-13-20(28(31,32)33)22(30)24(41)21(18)29)14-34-26(35-25)39-10-11-40(27(42)38-8-5-9-38)17(15-39)12-16-6-3-2-4-7-16/h2-4,6-7,13-14,17,41H,5,8-12,15H2,1H3/t17-/m0/s1. The first-order valence-corrected chi connectivity index (χ1v) is 13.4. The Bertz CT molecular complexity index is 1660. The van der Waals surface area contributed by atoms with Gasteiger partial charge < -0.3 is 19.8 Å². The molecule has 1 N–H and O–H groups in total. The Kier molecular flexibility index (Phi) is 6.86. The summed E-state index contributed by atoms with van der Waals surface area (Å²) in [6.45, 7) is 2.77. The van der Waals surface area contributed by atoms with E-state index in [9.17, 15) is 31.9 Å². The Hall–Kier alpha value is -4.49. The molecular formula is C28H26F5N7O2. The maximum atomic E-state index is 14.8. The van der Waals surface area contributed by atoms with Crippen LogP contribution in [-0.4, -0.2) is 79.5 Å². The second-order valence-electron chi connectivity index (χ2n) is 10.4. The van der Waals surface area contributed by atoms with Gasteiger partial charge in [-0.25, -0.2) is 23.2 Å². The highest BCUT2D eigenvalue weighted by Gasteiger charge is 2.39. The number of likely N-dealkylation sites (tertiary alicyclic amines) is 1. The molecule has 1 atom stereocenters. The van der Waals surface area contributed by atoms with Crippen molar-refractivity contribution >= 4 is 23.0 Å². The SMILES string of the molecule is Cn1nc(-c2cc(C(F)(F)F)c(F)c(O)c2F)c2cnc(N3CCN(C(=O)N4CCC4)[C@@H](Cc4ccccc4)C3)nc21. The van der Waals surface area contributed by atoms with E-state index in [1.807, 2.05) is 45.0 Å². The van der Waals surface area contributed by atoms with Gasteiger partial charge in [0, 0.05) is 51.5 Å². The van der Waals surface area contributed by atoms with E-state index in [0.717, 1.165) is 25.1 Å². The Morgan fingerprint density at radius 1 is 1.07 bits per heavy atom. The molecule has 220 valence electrons. The fourth-order valence-corrected chi connectivity index (χ4v) is 5.42. The van der Waals surface area contributed by atoms with Crippen LogP contribution in [0.25, 0.3) is 22.3 Å². The third-order valence-corrected chi connectivity index (χ3v) is 7.76. The van der Waals surface area contributed by atoms with Gasteiger partial charge in [-0.3, -0.25) is 0 Å². The molecule has 4 aromatic rings. The molecule has 4 heterocycles. The number of urea groups is 1. The molecular weight excluding hydrogens is 561 g/mol. The van der Waals surface area contributed by atoms with E-state index >= 15 is 0 Å². The predicted octanol–water partition coefficient (Wildman–Crippen LogP) is 4.59. The second kappa shape index (κ2) is 10.4. The van der Waals surface area contributed by atoms with Gasteiger partial charge in [0.2, 0.25) is 5.95 Å². The lowest BCUT2D eigenvalue weighted by Gasteiger charge is -2.45. The number of halogens is 5. The molecule has 0 saturated carbocycles. The Morgan fingerprint density at radius 2 is 1.81 bits per heavy atom. The second-order valence-corrected chi connectivity index (χ2v) is 10.4. The summed E-state index contributed by atoms with van der Waals surface area (Å²) in [7, 11) is 1.48. The number of piperazine rings is 1. The maximum Gasteiger partial charge on any atom is 0.419 e. The fraction of sp³-hybridized carbons (Fsp3) is 0.357. The lowest BCUT2D eigenvalue weighted by molar-refractivity contribution is -0.140. The summed E-state index contributed by atoms with van der Waals surface area (Å²) >= 11 is 0. The molecule has 2 aliphatic heterocycles. The molecule has 6 rings (SSSR count). The van der Waals surface area contributed by atoms with Gasteiger partial charge in [0.05, 0.1) is 17.0 Å². The minimum absolute atomic E-state index is 0.00252. The molecule has 2 aliphatic rings. The number of aromatic hydroxyl groups is 1. The average molecular weight is 588 g/mol. The normalized spacial score (nSPS) is 17.6. The molecule has 0 unspecified atom stereocenters. The van der Waals surface area contributed by atoms with Crippen molar-refractivity contribution in [2.24, 2.45) is 7.05 Å². The number of carbonyl (C=O) groups is 1. The first-order valence-electron chi connectivity index (χ1n) is 13.4. The van der Waals surface area contributed by atoms with Gasteiger partial charge in [-0.05, 0) is 24.5 Å². The number of aromatic nitrogens is 4. The lowest BCUT2D eigenvalue weighted by Crippen LogP contribution is -2.61. The van der Waals surface area contributed by atoms with E-state index in [0.29, 0.717) is 32.0 Å². The zero-order valence-corrected chi connectivity index (χ0v) is 22.4. The number of anilines is 1. The largest absolute Gasteiger partial charge is 0.503 e. The van der Waals surface area contributed by atoms with Crippen molar-refractivity contribution in [3.63, 3.8) is 0 Å². The summed E-state index contributed by atoms with van der Waals surface area (Å²) < 4.78 is 70.3. The minimum Gasteiger partial charge on any atom is -0.503 e. The van der Waals surface area contributed by atoms with Crippen LogP contribution in [0.4, 0.5) is 32.7 Å². The maximum absolute atomic E-state index is 14.8. The van der Waals surface area contributed by atoms with E-state index < -0.39 is 34.7 Å². The van der Waals surface area contributed by atoms with Crippen molar-refractivity contribution in [2.45, 2.75) is 25.1 Å². The number of nitrogens with zero attached hydrogens (tertiary/aromatic N) is 7. The quantitative estimate of drug-likeness (QED) is 0.352. The molecule has 0 bridgehead atoms. The predicted molar refractivity (Wildman–Crippen MR) is 143 cm³/mol. The van der Waals surface area contributed by atoms with Gasteiger partial charge in [0.25, 0.3) is 0 Å². The number of hydrogen-bond donors (Lipinski definition) is 1. The number of amides is 2. The van der Waals surface area contributed by atoms with Crippen molar-refractivity contribution in [3.8, 4) is 17.0 Å². The number of benzene rings is 2. The van der Waals surface area contributed by atoms with E-state index in [1.54, 1.807) is 0 Å². The molecule has 2 amide bonds. The number of hydrogen-bond acceptors (Lipinski definition) is 6. The van der Waals surface area contributed by atoms with Crippen LogP contribution in [0, 0.1) is 11.6 Å². The summed E-state index contributed by atoms with van der Waals surface area (Å²) in [6.07, 6.45) is -2.26. The van der Waals surface area contributed by atoms with E-state index in [4.69, 9.17) is 0 Å². The summed E-state index contributed by atoms with van der Waals surface area (Å²) in [6, 6.07) is 9.91. The molecule has 9 nitrogen and oxygen atoms in total. The number of fused-ring (bicyclic) bond motifs is 1. The molecule has 0 aliphatic carbocycles. The van der Waals surface area contributed by atoms with Crippen molar-refractivity contribution < 1.29 is 31.9 Å². The minimum atomic E-state index is -5.17. The molecule has 42 heavy (non-hydrogen) atoms. The van der Waals surface area contributed by atoms with E-state index in [1.165, 1.54) is 17.9 Å². The summed E-state index contributed by atoms with van der Waals surface area (Å²) in [5.41, 5.74) is -1.55. The topological polar surface area (TPSA) is 90.6 Å². The van der Waals surface area contributed by atoms with Crippen molar-refractivity contribution in [2.75, 3.05) is 37.6 Å². The van der Waals surface area contributed by atoms with Crippen LogP contribution in [0.3, 0.4) is 0 Å². The molecule has 14 heteroatoms. The van der Waals surface area contributed by atoms with Gasteiger partial charge in [-0.1, -0.05) is 30.3 Å². The molecule has 2 aromatic heterocycles. The van der Waals surface area contributed by atoms with Crippen molar-refractivity contribution in [1.29, 1.82) is 0 Å². The summed E-state index contributed by atoms with van der Waals surface area (Å²) in [5, 5.41) is 14.0. The molecule has 0 spiro atoms. The number of carbonyl (C=O) groups excluding carboxylic acids is 1. The number of aryl methyl sites for hydroxylation is 1. The zero-order chi connectivity index (χ0) is 29.8. The fourth-order valence-electron chi connectivity index (χ4n) is 5.42. The zero-order valence-electron chi connectivity index (χ0n) is 22.4. The number of phenolic OH excluding ortho intramolecular Hbond substituents is 1. The highest BCUT2D eigenvalue weighted by molar-refractivity contribution is 5.91. The molecule has 2 aromatic carbocycles. The Morgan fingerprint density at radius 3 is 2.48 bits per heavy atom. The average Bonchev–Trinajstić information content (AvgIpc) is 3.26. The number of rotatable bonds is 4. The van der Waals surface area contributed by atoms with Crippen LogP contribution >= 0.6 is 0 Å². The van der Waals surface area contributed by atoms with Crippen LogP contribution in [0.5, 0.6) is 5.75 Å². The van der Waals surface area contributed by atoms with Crippen LogP contribution in [0.15, 0.2) is 42.6 Å². The van der Waals surface area contributed by atoms with Crippen LogP contribution in [0.1, 0.15) is 17.5 Å². The third kappa shape index (κ3) is 4.84. The van der Waals surface area contributed by atoms with Gasteiger partial charge in [0.15, 0.2) is 23.0 Å². The van der Waals surface area contributed by atoms with E-state index in [2.05, 4.69) is 15.1 Å². The van der Waals surface area contributed by atoms with Gasteiger partial charge in [-0.2, -0.15) is 23.3 Å². The van der Waals surface area contributed by atoms with Gasteiger partial charge in [0.1, 0.15) is 5.69 Å².